The Morgan fingerprint density at radius 1 is 1.26 bits per heavy atom. The largest absolute Gasteiger partial charge is 0.289 e. The topological polar surface area (TPSA) is 17.1 Å². The molecule has 0 unspecified atom stereocenters. The molecule has 1 aromatic rings. The number of ketones is 1. The van der Waals surface area contributed by atoms with Gasteiger partial charge in [0.1, 0.15) is 0 Å². The van der Waals surface area contributed by atoms with E-state index in [0.717, 1.165) is 36.5 Å². The normalized spacial score (nSPS) is 15.2. The minimum absolute atomic E-state index is 0.203. The first-order valence-corrected chi connectivity index (χ1v) is 10.2. The smallest absolute Gasteiger partial charge is 0.183 e. The molecule has 0 fully saturated rings. The van der Waals surface area contributed by atoms with E-state index in [9.17, 15) is 4.79 Å². The van der Waals surface area contributed by atoms with Crippen LogP contribution < -0.4 is 5.19 Å². The van der Waals surface area contributed by atoms with Crippen LogP contribution in [-0.2, 0) is 4.79 Å². The fourth-order valence-electron chi connectivity index (χ4n) is 2.71. The molecule has 0 aromatic heterocycles. The van der Waals surface area contributed by atoms with Gasteiger partial charge in [0.15, 0.2) is 5.78 Å². The highest BCUT2D eigenvalue weighted by molar-refractivity contribution is 6.90. The van der Waals surface area contributed by atoms with Crippen molar-refractivity contribution < 1.29 is 4.79 Å². The molecule has 1 aliphatic rings. The van der Waals surface area contributed by atoms with Crippen molar-refractivity contribution >= 4 is 19.0 Å². The third-order valence-electron chi connectivity index (χ3n) is 3.86. The Hall–Kier alpha value is -1.41. The van der Waals surface area contributed by atoms with Crippen LogP contribution in [0.15, 0.2) is 54.1 Å². The van der Waals surface area contributed by atoms with Crippen LogP contribution in [0.5, 0.6) is 0 Å². The Bertz CT molecular complexity index is 511. The highest BCUT2D eigenvalue weighted by Crippen LogP contribution is 2.24. The van der Waals surface area contributed by atoms with Crippen LogP contribution in [-0.4, -0.2) is 13.9 Å². The van der Waals surface area contributed by atoms with Crippen LogP contribution in [0.1, 0.15) is 19.3 Å². The molecular weight excluding hydrogens is 248 g/mol. The molecular formula is C17H22OSi. The fraction of sp³-hybridized carbons (Fsp3) is 0.353. The number of rotatable bonds is 5. The van der Waals surface area contributed by atoms with Gasteiger partial charge in [0.25, 0.3) is 0 Å². The molecule has 0 heterocycles. The second-order valence-electron chi connectivity index (χ2n) is 5.98. The van der Waals surface area contributed by atoms with Gasteiger partial charge in [-0.25, -0.2) is 0 Å². The van der Waals surface area contributed by atoms with Gasteiger partial charge in [-0.1, -0.05) is 61.3 Å². The van der Waals surface area contributed by atoms with Gasteiger partial charge in [-0.2, -0.15) is 0 Å². The molecule has 0 N–H and O–H groups in total. The summed E-state index contributed by atoms with van der Waals surface area (Å²) in [5.41, 5.74) is 1.79. The molecule has 0 radical (unpaired) electrons. The molecule has 0 saturated carbocycles. The number of Topliss-reactive ketones (excluding diaryl/α,β-unsaturated/α-hetero) is 1. The lowest BCUT2D eigenvalue weighted by atomic mass is 10.1. The minimum atomic E-state index is -1.60. The predicted octanol–water partition coefficient (Wildman–Crippen LogP) is 3.84. The van der Waals surface area contributed by atoms with Crippen LogP contribution in [0.2, 0.25) is 19.1 Å². The van der Waals surface area contributed by atoms with E-state index >= 15 is 0 Å². The van der Waals surface area contributed by atoms with Crippen LogP contribution in [0.4, 0.5) is 0 Å². The summed E-state index contributed by atoms with van der Waals surface area (Å²) in [4.78, 5) is 12.3. The van der Waals surface area contributed by atoms with Crippen molar-refractivity contribution in [3.8, 4) is 0 Å². The van der Waals surface area contributed by atoms with Gasteiger partial charge < -0.3 is 0 Å². The molecule has 0 amide bonds. The standard InChI is InChI=1S/C17H22OSi/c1-14(17(18)15-9-7-8-10-15)13-19(2,3)16-11-5-4-6-12-16/h4-6,9,11-12H,1,7-8,10,13H2,2-3H3. The van der Waals surface area contributed by atoms with Crippen molar-refractivity contribution in [1.29, 1.82) is 0 Å². The molecule has 0 atom stereocenters. The molecule has 0 bridgehead atoms. The summed E-state index contributed by atoms with van der Waals surface area (Å²) < 4.78 is 0. The van der Waals surface area contributed by atoms with Crippen molar-refractivity contribution in [3.05, 3.63) is 54.1 Å². The number of benzene rings is 1. The first kappa shape index (κ1) is 14.0. The van der Waals surface area contributed by atoms with E-state index in [4.69, 9.17) is 0 Å². The Labute approximate surface area is 117 Å². The Morgan fingerprint density at radius 2 is 1.95 bits per heavy atom. The number of carbonyl (C=O) groups excluding carboxylic acids is 1. The fourth-order valence-corrected chi connectivity index (χ4v) is 5.24. The summed E-state index contributed by atoms with van der Waals surface area (Å²) in [6, 6.07) is 11.4. The second-order valence-corrected chi connectivity index (χ2v) is 10.7. The van der Waals surface area contributed by atoms with E-state index in [1.54, 1.807) is 0 Å². The molecule has 19 heavy (non-hydrogen) atoms. The van der Waals surface area contributed by atoms with Gasteiger partial charge in [-0.05, 0) is 36.5 Å². The summed E-state index contributed by atoms with van der Waals surface area (Å²) in [5.74, 6) is 0.203. The highest BCUT2D eigenvalue weighted by Gasteiger charge is 2.27. The zero-order valence-electron chi connectivity index (χ0n) is 11.9. The van der Waals surface area contributed by atoms with E-state index in [2.05, 4.69) is 50.0 Å². The van der Waals surface area contributed by atoms with E-state index in [1.807, 2.05) is 6.07 Å². The minimum Gasteiger partial charge on any atom is -0.289 e. The number of hydrogen-bond donors (Lipinski definition) is 0. The monoisotopic (exact) mass is 270 g/mol. The molecule has 100 valence electrons. The van der Waals surface area contributed by atoms with Crippen LogP contribution in [0.25, 0.3) is 0 Å². The molecule has 1 aliphatic carbocycles. The summed E-state index contributed by atoms with van der Waals surface area (Å²) in [5, 5.41) is 1.39. The van der Waals surface area contributed by atoms with E-state index in [1.165, 1.54) is 5.19 Å². The number of carbonyl (C=O) groups is 1. The summed E-state index contributed by atoms with van der Waals surface area (Å²) in [6.45, 7) is 8.67. The van der Waals surface area contributed by atoms with E-state index in [0.29, 0.717) is 0 Å². The maximum atomic E-state index is 12.3. The zero-order valence-corrected chi connectivity index (χ0v) is 12.9. The Morgan fingerprint density at radius 3 is 2.53 bits per heavy atom. The van der Waals surface area contributed by atoms with Crippen molar-refractivity contribution in [2.45, 2.75) is 38.4 Å². The quantitative estimate of drug-likeness (QED) is 0.587. The Kier molecular flexibility index (Phi) is 4.20. The SMILES string of the molecule is C=C(C[Si](C)(C)c1ccccc1)C(=O)C1=CCCC1. The van der Waals surface area contributed by atoms with Crippen molar-refractivity contribution in [1.82, 2.24) is 0 Å². The third-order valence-corrected chi connectivity index (χ3v) is 7.07. The van der Waals surface area contributed by atoms with E-state index < -0.39 is 8.07 Å². The predicted molar refractivity (Wildman–Crippen MR) is 84.4 cm³/mol. The van der Waals surface area contributed by atoms with Gasteiger partial charge in [-0.15, -0.1) is 0 Å². The Balaban J connectivity index is 2.08. The van der Waals surface area contributed by atoms with Crippen LogP contribution in [0.3, 0.4) is 0 Å². The van der Waals surface area contributed by atoms with Gasteiger partial charge in [0, 0.05) is 0 Å². The van der Waals surface area contributed by atoms with Gasteiger partial charge in [0.05, 0.1) is 8.07 Å². The molecule has 0 spiro atoms. The number of hydrogen-bond acceptors (Lipinski definition) is 1. The summed E-state index contributed by atoms with van der Waals surface area (Å²) in [7, 11) is -1.60. The van der Waals surface area contributed by atoms with Crippen LogP contribution in [0, 0.1) is 0 Å². The van der Waals surface area contributed by atoms with Crippen LogP contribution >= 0.6 is 0 Å². The first-order chi connectivity index (χ1) is 9.00. The molecule has 1 aromatic carbocycles. The zero-order chi connectivity index (χ0) is 13.9. The van der Waals surface area contributed by atoms with E-state index in [-0.39, 0.29) is 5.78 Å². The average Bonchev–Trinajstić information content (AvgIpc) is 2.92. The van der Waals surface area contributed by atoms with Crippen molar-refractivity contribution in [3.63, 3.8) is 0 Å². The summed E-state index contributed by atoms with van der Waals surface area (Å²) >= 11 is 0. The van der Waals surface area contributed by atoms with Gasteiger partial charge >= 0.3 is 0 Å². The lowest BCUT2D eigenvalue weighted by Crippen LogP contribution is -2.41. The first-order valence-electron chi connectivity index (χ1n) is 6.98. The summed E-state index contributed by atoms with van der Waals surface area (Å²) in [6.07, 6.45) is 5.19. The van der Waals surface area contributed by atoms with Crippen molar-refractivity contribution in [2.24, 2.45) is 0 Å². The lowest BCUT2D eigenvalue weighted by molar-refractivity contribution is -0.112. The lowest BCUT2D eigenvalue weighted by Gasteiger charge is -2.23. The third kappa shape index (κ3) is 3.32. The van der Waals surface area contributed by atoms with Gasteiger partial charge in [-0.3, -0.25) is 4.79 Å². The highest BCUT2D eigenvalue weighted by atomic mass is 28.3. The molecule has 0 aliphatic heterocycles. The molecule has 1 nitrogen and oxygen atoms in total. The maximum Gasteiger partial charge on any atom is 0.183 e. The molecule has 0 saturated heterocycles. The number of allylic oxidation sites excluding steroid dienone is 3. The molecule has 2 heteroatoms. The molecule has 2 rings (SSSR count). The van der Waals surface area contributed by atoms with Gasteiger partial charge in [0.2, 0.25) is 0 Å². The second kappa shape index (κ2) is 5.70. The van der Waals surface area contributed by atoms with Crippen molar-refractivity contribution in [2.75, 3.05) is 0 Å². The average molecular weight is 270 g/mol. The maximum absolute atomic E-state index is 12.3.